The molecule has 0 aliphatic rings. The summed E-state index contributed by atoms with van der Waals surface area (Å²) < 4.78 is 50.9. The molecule has 0 aliphatic carbocycles. The molecule has 10 rings (SSSR count). The Labute approximate surface area is 286 Å². The van der Waals surface area contributed by atoms with Crippen molar-refractivity contribution in [2.75, 3.05) is 0 Å². The van der Waals surface area contributed by atoms with Crippen molar-refractivity contribution in [3.8, 4) is 45.3 Å². The lowest BCUT2D eigenvalue weighted by molar-refractivity contribution is 0.669. The van der Waals surface area contributed by atoms with E-state index in [0.717, 1.165) is 27.5 Å². The Bertz CT molecular complexity index is 3130. The molecule has 0 spiro atoms. The highest BCUT2D eigenvalue weighted by Crippen LogP contribution is 2.40. The fraction of sp³-hybridized carbons (Fsp3) is 0. The standard InChI is InChI=1S/C43H25N3OS/c1-2-10-27(11-3-1)41-44-42(46-43(45-41)31-17-20-34-33-15-6-7-16-36(33)47-37(34)25-31)30-13-8-12-28(23-30)29-19-21-38-35(24-29)40-32-14-5-4-9-26(32)18-22-39(40)48-38/h1-25H/i1D,2D,3D,10D,11D. The highest BCUT2D eigenvalue weighted by Gasteiger charge is 2.16. The minimum atomic E-state index is -0.482. The maximum atomic E-state index is 8.71. The largest absolute Gasteiger partial charge is 0.456 e. The predicted molar refractivity (Wildman–Crippen MR) is 199 cm³/mol. The van der Waals surface area contributed by atoms with Gasteiger partial charge in [0.2, 0.25) is 0 Å². The molecule has 3 heterocycles. The average Bonchev–Trinajstić information content (AvgIpc) is 3.77. The van der Waals surface area contributed by atoms with Gasteiger partial charge in [-0.25, -0.2) is 15.0 Å². The molecule has 0 fully saturated rings. The van der Waals surface area contributed by atoms with Crippen molar-refractivity contribution in [1.82, 2.24) is 15.0 Å². The molecule has 224 valence electrons. The zero-order valence-electron chi connectivity index (χ0n) is 30.2. The lowest BCUT2D eigenvalue weighted by atomic mass is 9.99. The topological polar surface area (TPSA) is 51.8 Å². The van der Waals surface area contributed by atoms with Crippen molar-refractivity contribution in [2.24, 2.45) is 0 Å². The Morgan fingerprint density at radius 1 is 0.458 bits per heavy atom. The van der Waals surface area contributed by atoms with E-state index >= 15 is 0 Å². The molecule has 5 heteroatoms. The normalized spacial score (nSPS) is 13.2. The van der Waals surface area contributed by atoms with Crippen LogP contribution in [0.25, 0.3) is 98.2 Å². The Morgan fingerprint density at radius 3 is 2.00 bits per heavy atom. The maximum Gasteiger partial charge on any atom is 0.164 e. The van der Waals surface area contributed by atoms with Crippen LogP contribution in [0, 0.1) is 0 Å². The monoisotopic (exact) mass is 636 g/mol. The summed E-state index contributed by atoms with van der Waals surface area (Å²) in [4.78, 5) is 14.4. The van der Waals surface area contributed by atoms with E-state index in [2.05, 4.69) is 54.6 Å². The van der Waals surface area contributed by atoms with Gasteiger partial charge in [0.1, 0.15) is 11.2 Å². The number of rotatable bonds is 4. The Kier molecular flexibility index (Phi) is 4.98. The maximum absolute atomic E-state index is 8.71. The number of benzene rings is 7. The quantitative estimate of drug-likeness (QED) is 0.193. The van der Waals surface area contributed by atoms with E-state index in [-0.39, 0.29) is 29.3 Å². The first-order chi connectivity index (χ1) is 25.8. The molecule has 0 atom stereocenters. The van der Waals surface area contributed by atoms with Gasteiger partial charge in [-0.2, -0.15) is 0 Å². The first-order valence-corrected chi connectivity index (χ1v) is 16.3. The highest BCUT2D eigenvalue weighted by molar-refractivity contribution is 7.26. The van der Waals surface area contributed by atoms with Gasteiger partial charge in [-0.05, 0) is 64.4 Å². The van der Waals surface area contributed by atoms with Gasteiger partial charge in [0, 0.05) is 47.6 Å². The third kappa shape index (κ3) is 4.40. The summed E-state index contributed by atoms with van der Waals surface area (Å²) in [5, 5.41) is 6.79. The van der Waals surface area contributed by atoms with Gasteiger partial charge >= 0.3 is 0 Å². The van der Waals surface area contributed by atoms with Gasteiger partial charge < -0.3 is 4.42 Å². The van der Waals surface area contributed by atoms with Crippen molar-refractivity contribution in [3.05, 3.63) is 152 Å². The second kappa shape index (κ2) is 10.7. The average molecular weight is 637 g/mol. The summed E-state index contributed by atoms with van der Waals surface area (Å²) in [7, 11) is 0. The number of aromatic nitrogens is 3. The summed E-state index contributed by atoms with van der Waals surface area (Å²) in [6, 6.07) is 38.6. The van der Waals surface area contributed by atoms with Gasteiger partial charge in [-0.1, -0.05) is 109 Å². The lowest BCUT2D eigenvalue weighted by Crippen LogP contribution is -2.00. The van der Waals surface area contributed by atoms with Crippen LogP contribution in [0.3, 0.4) is 0 Å². The van der Waals surface area contributed by atoms with Crippen molar-refractivity contribution in [3.63, 3.8) is 0 Å². The van der Waals surface area contributed by atoms with Gasteiger partial charge in [0.25, 0.3) is 0 Å². The van der Waals surface area contributed by atoms with Crippen LogP contribution in [0.1, 0.15) is 6.85 Å². The summed E-state index contributed by atoms with van der Waals surface area (Å²) in [6.45, 7) is 0. The molecule has 0 unspecified atom stereocenters. The third-order valence-electron chi connectivity index (χ3n) is 8.81. The predicted octanol–water partition coefficient (Wildman–Crippen LogP) is 12.0. The lowest BCUT2D eigenvalue weighted by Gasteiger charge is -2.10. The van der Waals surface area contributed by atoms with Crippen molar-refractivity contribution in [2.45, 2.75) is 0 Å². The number of hydrogen-bond acceptors (Lipinski definition) is 5. The molecule has 7 aromatic carbocycles. The number of furan rings is 1. The number of nitrogens with zero attached hydrogens (tertiary/aromatic N) is 3. The van der Waals surface area contributed by atoms with E-state index < -0.39 is 18.1 Å². The molecule has 0 bridgehead atoms. The van der Waals surface area contributed by atoms with Crippen LogP contribution < -0.4 is 0 Å². The second-order valence-electron chi connectivity index (χ2n) is 11.7. The Morgan fingerprint density at radius 2 is 1.12 bits per heavy atom. The summed E-state index contributed by atoms with van der Waals surface area (Å²) in [5.41, 5.74) is 4.62. The minimum absolute atomic E-state index is 0.0184. The van der Waals surface area contributed by atoms with Gasteiger partial charge in [0.15, 0.2) is 17.5 Å². The van der Waals surface area contributed by atoms with Crippen LogP contribution >= 0.6 is 11.3 Å². The van der Waals surface area contributed by atoms with E-state index in [0.29, 0.717) is 22.5 Å². The molecule has 3 aromatic heterocycles. The van der Waals surface area contributed by atoms with Crippen LogP contribution in [0.5, 0.6) is 0 Å². The molecular weight excluding hydrogens is 607 g/mol. The van der Waals surface area contributed by atoms with Gasteiger partial charge in [-0.3, -0.25) is 0 Å². The molecule has 0 amide bonds. The van der Waals surface area contributed by atoms with E-state index in [1.807, 2.05) is 66.7 Å². The van der Waals surface area contributed by atoms with Crippen molar-refractivity contribution in [1.29, 1.82) is 0 Å². The smallest absolute Gasteiger partial charge is 0.164 e. The molecule has 4 nitrogen and oxygen atoms in total. The zero-order valence-corrected chi connectivity index (χ0v) is 26.0. The van der Waals surface area contributed by atoms with E-state index in [1.165, 1.54) is 30.9 Å². The second-order valence-corrected chi connectivity index (χ2v) is 12.8. The Hall–Kier alpha value is -6.17. The fourth-order valence-electron chi connectivity index (χ4n) is 6.54. The van der Waals surface area contributed by atoms with Crippen LogP contribution in [-0.2, 0) is 0 Å². The molecule has 0 saturated carbocycles. The van der Waals surface area contributed by atoms with E-state index in [9.17, 15) is 0 Å². The number of hydrogen-bond donors (Lipinski definition) is 0. The number of para-hydroxylation sites is 1. The number of fused-ring (bicyclic) bond motifs is 8. The summed E-state index contributed by atoms with van der Waals surface area (Å²) >= 11 is 1.78. The SMILES string of the molecule is [2H]c1c([2H])c([2H])c(-c2nc(-c3cccc(-c4ccc5sc6ccc7ccccc7c6c5c4)c3)nc(-c3ccc4c(c3)oc3ccccc34)n2)c([2H])c1[2H]. The van der Waals surface area contributed by atoms with Gasteiger partial charge in [0.05, 0.1) is 6.85 Å². The molecule has 0 N–H and O–H groups in total. The Balaban J connectivity index is 1.16. The van der Waals surface area contributed by atoms with Gasteiger partial charge in [-0.15, -0.1) is 11.3 Å². The summed E-state index contributed by atoms with van der Waals surface area (Å²) in [5.74, 6) is 0.564. The van der Waals surface area contributed by atoms with E-state index in [4.69, 9.17) is 26.2 Å². The summed E-state index contributed by atoms with van der Waals surface area (Å²) in [6.07, 6.45) is 0. The van der Waals surface area contributed by atoms with E-state index in [1.54, 1.807) is 11.3 Å². The van der Waals surface area contributed by atoms with Crippen LogP contribution in [0.2, 0.25) is 0 Å². The first kappa shape index (κ1) is 22.4. The molecular formula is C43H25N3OS. The van der Waals surface area contributed by atoms with Crippen molar-refractivity contribution < 1.29 is 11.3 Å². The molecule has 10 aromatic rings. The van der Waals surface area contributed by atoms with Crippen LogP contribution in [0.15, 0.2) is 156 Å². The third-order valence-corrected chi connectivity index (χ3v) is 9.95. The first-order valence-electron chi connectivity index (χ1n) is 18.0. The molecule has 48 heavy (non-hydrogen) atoms. The zero-order chi connectivity index (χ0) is 36.0. The van der Waals surface area contributed by atoms with Crippen LogP contribution in [0.4, 0.5) is 0 Å². The molecule has 0 radical (unpaired) electrons. The highest BCUT2D eigenvalue weighted by atomic mass is 32.1. The molecule has 0 aliphatic heterocycles. The van der Waals surface area contributed by atoms with Crippen LogP contribution in [-0.4, -0.2) is 15.0 Å². The minimum Gasteiger partial charge on any atom is -0.456 e. The molecule has 0 saturated heterocycles. The van der Waals surface area contributed by atoms with Crippen molar-refractivity contribution >= 4 is 64.2 Å². The number of thiophene rings is 1. The fourth-order valence-corrected chi connectivity index (χ4v) is 7.64.